The Hall–Kier alpha value is -3.07. The molecule has 2 amide bonds. The smallest absolute Gasteiger partial charge is 0.328 e. The summed E-state index contributed by atoms with van der Waals surface area (Å²) in [7, 11) is 1.19. The van der Waals surface area contributed by atoms with Crippen LogP contribution in [0.5, 0.6) is 0 Å². The Morgan fingerprint density at radius 3 is 2.67 bits per heavy atom. The minimum absolute atomic E-state index is 0.161. The molecule has 1 aliphatic rings. The van der Waals surface area contributed by atoms with Gasteiger partial charge in [0, 0.05) is 22.7 Å². The van der Waals surface area contributed by atoms with Gasteiger partial charge in [0.05, 0.1) is 12.0 Å². The number of para-hydroxylation sites is 1. The summed E-state index contributed by atoms with van der Waals surface area (Å²) in [4.78, 5) is 48.6. The van der Waals surface area contributed by atoms with Crippen LogP contribution in [0, 0.1) is 0 Å². The van der Waals surface area contributed by atoms with Gasteiger partial charge in [-0.2, -0.15) is 0 Å². The monoisotopic (exact) mass is 388 g/mol. The van der Waals surface area contributed by atoms with Gasteiger partial charge in [-0.05, 0) is 30.8 Å². The van der Waals surface area contributed by atoms with Crippen molar-refractivity contribution in [3.63, 3.8) is 0 Å². The third-order valence-corrected chi connectivity index (χ3v) is 5.05. The number of fused-ring (bicyclic) bond motifs is 1. The Bertz CT molecular complexity index is 993. The number of carbonyl (C=O) groups is 4. The van der Waals surface area contributed by atoms with Crippen molar-refractivity contribution in [2.75, 3.05) is 7.11 Å². The molecule has 1 aromatic heterocycles. The fraction of sp³-hybridized carbons (Fsp3) is 0.222. The summed E-state index contributed by atoms with van der Waals surface area (Å²) < 4.78 is 6.16. The predicted molar refractivity (Wildman–Crippen MR) is 98.9 cm³/mol. The second-order valence-electron chi connectivity index (χ2n) is 5.87. The minimum Gasteiger partial charge on any atom is -0.480 e. The lowest BCUT2D eigenvalue weighted by Gasteiger charge is -2.18. The van der Waals surface area contributed by atoms with Crippen LogP contribution in [0.15, 0.2) is 35.4 Å². The first-order valence-electron chi connectivity index (χ1n) is 7.98. The Morgan fingerprint density at radius 2 is 2.00 bits per heavy atom. The van der Waals surface area contributed by atoms with Gasteiger partial charge in [0.15, 0.2) is 0 Å². The second-order valence-corrected chi connectivity index (χ2v) is 6.87. The number of benzene rings is 1. The van der Waals surface area contributed by atoms with Crippen LogP contribution in [0.1, 0.15) is 12.5 Å². The zero-order chi connectivity index (χ0) is 19.7. The van der Waals surface area contributed by atoms with Crippen molar-refractivity contribution in [3.05, 3.63) is 40.9 Å². The molecule has 2 aromatic rings. The van der Waals surface area contributed by atoms with Crippen molar-refractivity contribution in [1.82, 2.24) is 9.47 Å². The van der Waals surface area contributed by atoms with Crippen molar-refractivity contribution < 1.29 is 29.0 Å². The van der Waals surface area contributed by atoms with E-state index in [1.165, 1.54) is 20.1 Å². The number of rotatable bonds is 5. The molecule has 0 aliphatic carbocycles. The lowest BCUT2D eigenvalue weighted by molar-refractivity contribution is -0.148. The van der Waals surface area contributed by atoms with Gasteiger partial charge in [0.2, 0.25) is 0 Å². The summed E-state index contributed by atoms with van der Waals surface area (Å²) in [6.45, 7) is 1.19. The SMILES string of the molecule is COC(=O)[C@H](C)N1C(=O)S/C(=C\c2cn(CC(=O)O)c3ccccc23)C1=O. The number of methoxy groups -OCH3 is 1. The number of carboxylic acids is 1. The van der Waals surface area contributed by atoms with Crippen LogP contribution in [-0.4, -0.2) is 50.8 Å². The highest BCUT2D eigenvalue weighted by Crippen LogP contribution is 2.35. The number of nitrogens with zero attached hydrogens (tertiary/aromatic N) is 2. The molecule has 1 aliphatic heterocycles. The molecule has 1 fully saturated rings. The summed E-state index contributed by atoms with van der Waals surface area (Å²) in [6.07, 6.45) is 3.16. The number of hydrogen-bond acceptors (Lipinski definition) is 6. The zero-order valence-electron chi connectivity index (χ0n) is 14.5. The predicted octanol–water partition coefficient (Wildman–Crippen LogP) is 2.32. The minimum atomic E-state index is -1.03. The highest BCUT2D eigenvalue weighted by Gasteiger charge is 2.41. The fourth-order valence-corrected chi connectivity index (χ4v) is 3.80. The maximum atomic E-state index is 12.6. The number of imide groups is 1. The summed E-state index contributed by atoms with van der Waals surface area (Å²) in [5.74, 6) is -2.26. The van der Waals surface area contributed by atoms with Crippen LogP contribution in [0.3, 0.4) is 0 Å². The normalized spacial score (nSPS) is 17.0. The molecule has 0 saturated carbocycles. The first-order chi connectivity index (χ1) is 12.8. The van der Waals surface area contributed by atoms with Crippen molar-refractivity contribution in [2.45, 2.75) is 19.5 Å². The largest absolute Gasteiger partial charge is 0.480 e. The Labute approximate surface area is 158 Å². The molecule has 1 atom stereocenters. The Balaban J connectivity index is 2.00. The highest BCUT2D eigenvalue weighted by molar-refractivity contribution is 8.18. The van der Waals surface area contributed by atoms with Gasteiger partial charge in [-0.1, -0.05) is 18.2 Å². The number of aliphatic carboxylic acids is 1. The summed E-state index contributed by atoms with van der Waals surface area (Å²) in [6, 6.07) is 6.15. The number of esters is 1. The van der Waals surface area contributed by atoms with Crippen molar-refractivity contribution in [2.24, 2.45) is 0 Å². The van der Waals surface area contributed by atoms with E-state index in [1.54, 1.807) is 35.0 Å². The van der Waals surface area contributed by atoms with E-state index in [4.69, 9.17) is 5.11 Å². The van der Waals surface area contributed by atoms with Gasteiger partial charge < -0.3 is 14.4 Å². The van der Waals surface area contributed by atoms with E-state index >= 15 is 0 Å². The van der Waals surface area contributed by atoms with Crippen LogP contribution >= 0.6 is 11.8 Å². The Kier molecular flexibility index (Phi) is 5.04. The third kappa shape index (κ3) is 3.45. The van der Waals surface area contributed by atoms with Crippen LogP contribution in [0.25, 0.3) is 17.0 Å². The maximum absolute atomic E-state index is 12.6. The number of aromatic nitrogens is 1. The fourth-order valence-electron chi connectivity index (χ4n) is 2.90. The van der Waals surface area contributed by atoms with Crippen LogP contribution in [0.4, 0.5) is 4.79 Å². The van der Waals surface area contributed by atoms with Crippen molar-refractivity contribution in [1.29, 1.82) is 0 Å². The molecule has 0 spiro atoms. The molecule has 0 bridgehead atoms. The Morgan fingerprint density at radius 1 is 1.30 bits per heavy atom. The molecule has 1 aromatic carbocycles. The van der Waals surface area contributed by atoms with Gasteiger partial charge >= 0.3 is 11.9 Å². The van der Waals surface area contributed by atoms with E-state index in [2.05, 4.69) is 4.74 Å². The van der Waals surface area contributed by atoms with E-state index in [1.807, 2.05) is 0 Å². The van der Waals surface area contributed by atoms with E-state index in [9.17, 15) is 19.2 Å². The van der Waals surface area contributed by atoms with Crippen LogP contribution < -0.4 is 0 Å². The topological polar surface area (TPSA) is 106 Å². The van der Waals surface area contributed by atoms with Crippen LogP contribution in [-0.2, 0) is 25.7 Å². The molecule has 1 N–H and O–H groups in total. The molecule has 8 nitrogen and oxygen atoms in total. The summed E-state index contributed by atoms with van der Waals surface area (Å²) in [5, 5.41) is 9.28. The van der Waals surface area contributed by atoms with Crippen molar-refractivity contribution in [3.8, 4) is 0 Å². The van der Waals surface area contributed by atoms with E-state index in [-0.39, 0.29) is 11.4 Å². The lowest BCUT2D eigenvalue weighted by Crippen LogP contribution is -2.42. The molecule has 1 saturated heterocycles. The third-order valence-electron chi connectivity index (χ3n) is 4.16. The number of amides is 2. The lowest BCUT2D eigenvalue weighted by atomic mass is 10.1. The van der Waals surface area contributed by atoms with E-state index in [0.29, 0.717) is 11.1 Å². The summed E-state index contributed by atoms with van der Waals surface area (Å²) >= 11 is 0.730. The molecular formula is C18H16N2O6S. The van der Waals surface area contributed by atoms with Gasteiger partial charge in [0.1, 0.15) is 12.6 Å². The average molecular weight is 388 g/mol. The highest BCUT2D eigenvalue weighted by atomic mass is 32.2. The molecule has 3 rings (SSSR count). The maximum Gasteiger partial charge on any atom is 0.328 e. The molecule has 27 heavy (non-hydrogen) atoms. The molecule has 9 heteroatoms. The number of ether oxygens (including phenoxy) is 1. The molecule has 140 valence electrons. The first kappa shape index (κ1) is 18.7. The number of hydrogen-bond donors (Lipinski definition) is 1. The van der Waals surface area contributed by atoms with Crippen molar-refractivity contribution >= 4 is 51.8 Å². The molecule has 2 heterocycles. The van der Waals surface area contributed by atoms with Gasteiger partial charge in [0.25, 0.3) is 11.1 Å². The summed E-state index contributed by atoms with van der Waals surface area (Å²) in [5.41, 5.74) is 1.32. The van der Waals surface area contributed by atoms with Gasteiger partial charge in [-0.25, -0.2) is 4.79 Å². The quantitative estimate of drug-likeness (QED) is 0.619. The average Bonchev–Trinajstić information content (AvgIpc) is 3.11. The van der Waals surface area contributed by atoms with Gasteiger partial charge in [-0.3, -0.25) is 19.3 Å². The van der Waals surface area contributed by atoms with E-state index in [0.717, 1.165) is 22.0 Å². The van der Waals surface area contributed by atoms with Crippen LogP contribution in [0.2, 0.25) is 0 Å². The van der Waals surface area contributed by atoms with E-state index < -0.39 is 29.1 Å². The number of carboxylic acid groups (broad SMARTS) is 1. The number of carbonyl (C=O) groups excluding carboxylic acids is 3. The molecule has 0 unspecified atom stereocenters. The number of thioether (sulfide) groups is 1. The second kappa shape index (κ2) is 7.28. The molecular weight excluding hydrogens is 372 g/mol. The van der Waals surface area contributed by atoms with Gasteiger partial charge in [-0.15, -0.1) is 0 Å². The zero-order valence-corrected chi connectivity index (χ0v) is 15.4. The molecule has 0 radical (unpaired) electrons. The first-order valence-corrected chi connectivity index (χ1v) is 8.79. The standard InChI is InChI=1S/C18H16N2O6S/c1-10(17(24)26-2)20-16(23)14(27-18(20)25)7-11-8-19(9-15(21)22)13-6-4-3-5-12(11)13/h3-8,10H,9H2,1-2H3,(H,21,22)/b14-7-/t10-/m0/s1.